The average molecular weight is 396 g/mol. The third kappa shape index (κ3) is 7.95. The predicted molar refractivity (Wildman–Crippen MR) is 120 cm³/mol. The van der Waals surface area contributed by atoms with Gasteiger partial charge < -0.3 is 16.4 Å². The molecule has 4 N–H and O–H groups in total. The average Bonchev–Trinajstić information content (AvgIpc) is 2.72. The van der Waals surface area contributed by atoms with E-state index in [1.54, 1.807) is 12.1 Å². The number of amides is 1. The molecule has 2 aromatic carbocycles. The van der Waals surface area contributed by atoms with E-state index in [4.69, 9.17) is 5.73 Å². The minimum Gasteiger partial charge on any atom is -0.366 e. The zero-order valence-electron chi connectivity index (χ0n) is 17.7. The smallest absolute Gasteiger partial charge is 0.248 e. The largest absolute Gasteiger partial charge is 0.366 e. The second-order valence-corrected chi connectivity index (χ2v) is 7.22. The Morgan fingerprint density at radius 3 is 2.38 bits per heavy atom. The van der Waals surface area contributed by atoms with Crippen LogP contribution in [0.25, 0.3) is 0 Å². The first-order valence-electron chi connectivity index (χ1n) is 10.1. The standard InChI is InChI=1S/C23H33N5O/c1-4-25-23(27-16-19-10-12-21(13-11-19)22(24)29)26-15-14-18(2)28(3)17-20-8-6-5-7-9-20/h5-13,18H,4,14-17H2,1-3H3,(H2,24,29)(H2,25,26,27). The van der Waals surface area contributed by atoms with Crippen LogP contribution in [0.1, 0.15) is 41.8 Å². The highest BCUT2D eigenvalue weighted by Crippen LogP contribution is 2.08. The minimum atomic E-state index is -0.415. The van der Waals surface area contributed by atoms with Gasteiger partial charge in [-0.3, -0.25) is 9.69 Å². The number of nitrogens with zero attached hydrogens (tertiary/aromatic N) is 2. The fraction of sp³-hybridized carbons (Fsp3) is 0.391. The van der Waals surface area contributed by atoms with Crippen LogP contribution in [0.3, 0.4) is 0 Å². The highest BCUT2D eigenvalue weighted by atomic mass is 16.1. The van der Waals surface area contributed by atoms with Gasteiger partial charge >= 0.3 is 0 Å². The zero-order valence-corrected chi connectivity index (χ0v) is 17.7. The maximum atomic E-state index is 11.2. The van der Waals surface area contributed by atoms with Crippen LogP contribution in [-0.4, -0.2) is 42.9 Å². The number of nitrogens with one attached hydrogen (secondary N) is 2. The normalized spacial score (nSPS) is 12.6. The van der Waals surface area contributed by atoms with Gasteiger partial charge in [0.2, 0.25) is 5.91 Å². The Kier molecular flexibility index (Phi) is 9.18. The lowest BCUT2D eigenvalue weighted by Crippen LogP contribution is -2.40. The maximum Gasteiger partial charge on any atom is 0.248 e. The van der Waals surface area contributed by atoms with Crippen molar-refractivity contribution in [3.8, 4) is 0 Å². The van der Waals surface area contributed by atoms with Crippen molar-refractivity contribution in [3.63, 3.8) is 0 Å². The molecule has 1 unspecified atom stereocenters. The minimum absolute atomic E-state index is 0.415. The number of aliphatic imine (C=N–C) groups is 1. The summed E-state index contributed by atoms with van der Waals surface area (Å²) < 4.78 is 0. The van der Waals surface area contributed by atoms with Crippen molar-refractivity contribution in [2.75, 3.05) is 20.1 Å². The fourth-order valence-electron chi connectivity index (χ4n) is 2.93. The van der Waals surface area contributed by atoms with Crippen LogP contribution >= 0.6 is 0 Å². The molecule has 0 spiro atoms. The summed E-state index contributed by atoms with van der Waals surface area (Å²) in [5, 5.41) is 6.68. The number of carbonyl (C=O) groups is 1. The highest BCUT2D eigenvalue weighted by Gasteiger charge is 2.10. The molecule has 0 aliphatic carbocycles. The summed E-state index contributed by atoms with van der Waals surface area (Å²) in [5.74, 6) is 0.380. The Bertz CT molecular complexity index is 774. The molecule has 1 amide bonds. The molecule has 0 bridgehead atoms. The molecule has 0 aliphatic rings. The van der Waals surface area contributed by atoms with Gasteiger partial charge in [-0.2, -0.15) is 0 Å². The molecule has 0 fully saturated rings. The van der Waals surface area contributed by atoms with E-state index < -0.39 is 5.91 Å². The van der Waals surface area contributed by atoms with Gasteiger partial charge in [-0.25, -0.2) is 4.99 Å². The highest BCUT2D eigenvalue weighted by molar-refractivity contribution is 5.92. The summed E-state index contributed by atoms with van der Waals surface area (Å²) in [6.07, 6.45) is 1.01. The molecule has 0 aliphatic heterocycles. The maximum absolute atomic E-state index is 11.2. The number of primary amides is 1. The monoisotopic (exact) mass is 395 g/mol. The molecule has 156 valence electrons. The van der Waals surface area contributed by atoms with Crippen LogP contribution in [0.5, 0.6) is 0 Å². The molecule has 0 saturated heterocycles. The van der Waals surface area contributed by atoms with E-state index in [0.29, 0.717) is 18.2 Å². The van der Waals surface area contributed by atoms with Gasteiger partial charge in [0.1, 0.15) is 0 Å². The SMILES string of the molecule is CCNC(=NCc1ccc(C(N)=O)cc1)NCCC(C)N(C)Cc1ccccc1. The van der Waals surface area contributed by atoms with Crippen LogP contribution in [0, 0.1) is 0 Å². The molecular formula is C23H33N5O. The molecule has 2 rings (SSSR count). The van der Waals surface area contributed by atoms with Crippen molar-refractivity contribution >= 4 is 11.9 Å². The summed E-state index contributed by atoms with van der Waals surface area (Å²) in [7, 11) is 2.16. The van der Waals surface area contributed by atoms with E-state index in [-0.39, 0.29) is 0 Å². The Balaban J connectivity index is 1.81. The Labute approximate surface area is 174 Å². The number of carbonyl (C=O) groups excluding carboxylic acids is 1. The fourth-order valence-corrected chi connectivity index (χ4v) is 2.93. The number of rotatable bonds is 10. The van der Waals surface area contributed by atoms with Gasteiger partial charge in [-0.05, 0) is 50.6 Å². The predicted octanol–water partition coefficient (Wildman–Crippen LogP) is 2.75. The van der Waals surface area contributed by atoms with Crippen LogP contribution < -0.4 is 16.4 Å². The molecule has 1 atom stereocenters. The third-order valence-corrected chi connectivity index (χ3v) is 4.88. The quantitative estimate of drug-likeness (QED) is 0.427. The lowest BCUT2D eigenvalue weighted by molar-refractivity contribution is 0.100. The van der Waals surface area contributed by atoms with Crippen molar-refractivity contribution in [1.82, 2.24) is 15.5 Å². The summed E-state index contributed by atoms with van der Waals surface area (Å²) in [6.45, 7) is 7.42. The molecular weight excluding hydrogens is 362 g/mol. The molecule has 6 heteroatoms. The molecule has 0 saturated carbocycles. The van der Waals surface area contributed by atoms with E-state index in [1.807, 2.05) is 18.2 Å². The van der Waals surface area contributed by atoms with Crippen molar-refractivity contribution in [2.45, 2.75) is 39.4 Å². The summed E-state index contributed by atoms with van der Waals surface area (Å²) in [6, 6.07) is 18.2. The number of nitrogens with two attached hydrogens (primary N) is 1. The van der Waals surface area contributed by atoms with E-state index in [2.05, 4.69) is 65.7 Å². The molecule has 0 radical (unpaired) electrons. The number of guanidine groups is 1. The van der Waals surface area contributed by atoms with Crippen LogP contribution in [-0.2, 0) is 13.1 Å². The van der Waals surface area contributed by atoms with Gasteiger partial charge in [0.15, 0.2) is 5.96 Å². The zero-order chi connectivity index (χ0) is 21.1. The van der Waals surface area contributed by atoms with Crippen LogP contribution in [0.2, 0.25) is 0 Å². The first-order valence-corrected chi connectivity index (χ1v) is 10.1. The second kappa shape index (κ2) is 11.9. The van der Waals surface area contributed by atoms with E-state index in [9.17, 15) is 4.79 Å². The van der Waals surface area contributed by atoms with Crippen molar-refractivity contribution in [3.05, 3.63) is 71.3 Å². The molecule has 0 heterocycles. The molecule has 0 aromatic heterocycles. The lowest BCUT2D eigenvalue weighted by Gasteiger charge is -2.25. The molecule has 29 heavy (non-hydrogen) atoms. The first kappa shape index (κ1) is 22.4. The van der Waals surface area contributed by atoms with Crippen molar-refractivity contribution in [2.24, 2.45) is 10.7 Å². The first-order chi connectivity index (χ1) is 14.0. The van der Waals surface area contributed by atoms with Gasteiger partial charge in [-0.15, -0.1) is 0 Å². The number of hydrogen-bond donors (Lipinski definition) is 3. The van der Waals surface area contributed by atoms with E-state index in [1.165, 1.54) is 5.56 Å². The van der Waals surface area contributed by atoms with Crippen LogP contribution in [0.4, 0.5) is 0 Å². The lowest BCUT2D eigenvalue weighted by atomic mass is 10.1. The summed E-state index contributed by atoms with van der Waals surface area (Å²) >= 11 is 0. The van der Waals surface area contributed by atoms with Crippen molar-refractivity contribution < 1.29 is 4.79 Å². The van der Waals surface area contributed by atoms with E-state index >= 15 is 0 Å². The van der Waals surface area contributed by atoms with Crippen LogP contribution in [0.15, 0.2) is 59.6 Å². The van der Waals surface area contributed by atoms with E-state index in [0.717, 1.165) is 37.6 Å². The summed E-state index contributed by atoms with van der Waals surface area (Å²) in [4.78, 5) is 18.2. The van der Waals surface area contributed by atoms with Gasteiger partial charge in [0.25, 0.3) is 0 Å². The van der Waals surface area contributed by atoms with Gasteiger partial charge in [-0.1, -0.05) is 42.5 Å². The summed E-state index contributed by atoms with van der Waals surface area (Å²) in [5.41, 5.74) is 8.15. The Hall–Kier alpha value is -2.86. The number of benzene rings is 2. The second-order valence-electron chi connectivity index (χ2n) is 7.22. The molecule has 6 nitrogen and oxygen atoms in total. The Morgan fingerprint density at radius 1 is 1.07 bits per heavy atom. The van der Waals surface area contributed by atoms with Gasteiger partial charge in [0, 0.05) is 31.2 Å². The Morgan fingerprint density at radius 2 is 1.76 bits per heavy atom. The van der Waals surface area contributed by atoms with Crippen molar-refractivity contribution in [1.29, 1.82) is 0 Å². The third-order valence-electron chi connectivity index (χ3n) is 4.88. The number of hydrogen-bond acceptors (Lipinski definition) is 3. The topological polar surface area (TPSA) is 82.7 Å². The molecule has 2 aromatic rings. The van der Waals surface area contributed by atoms with Gasteiger partial charge in [0.05, 0.1) is 6.54 Å².